The average Bonchev–Trinajstić information content (AvgIpc) is 3.71. The summed E-state index contributed by atoms with van der Waals surface area (Å²) in [6.45, 7) is 2.31. The number of phenolic OH excluding ortho intramolecular Hbond substituents is 1. The minimum atomic E-state index is -0.715. The molecule has 3 unspecified atom stereocenters. The first kappa shape index (κ1) is 30.8. The largest absolute Gasteiger partial charge is 0.508 e. The third-order valence-corrected chi connectivity index (χ3v) is 11.2. The Morgan fingerprint density at radius 1 is 1.04 bits per heavy atom. The van der Waals surface area contributed by atoms with Gasteiger partial charge in [-0.25, -0.2) is 4.39 Å². The molecule has 3 aromatic carbocycles. The van der Waals surface area contributed by atoms with E-state index in [-0.39, 0.29) is 47.7 Å². The lowest BCUT2D eigenvalue weighted by molar-refractivity contribution is -0.136. The minimum Gasteiger partial charge on any atom is -0.508 e. The Morgan fingerprint density at radius 2 is 1.83 bits per heavy atom. The molecular weight excluding hydrogens is 635 g/mol. The van der Waals surface area contributed by atoms with Gasteiger partial charge in [-0.2, -0.15) is 9.97 Å². The summed E-state index contributed by atoms with van der Waals surface area (Å²) in [5.74, 6) is -0.517. The molecule has 248 valence electrons. The molecule has 5 heterocycles. The van der Waals surface area contributed by atoms with Gasteiger partial charge >= 0.3 is 6.01 Å². The number of nitrogens with zero attached hydrogens (tertiary/aromatic N) is 5. The number of hydrogen-bond acceptors (Lipinski definition) is 10. The van der Waals surface area contributed by atoms with Crippen LogP contribution in [0, 0.1) is 5.82 Å². The molecule has 4 aliphatic heterocycles. The summed E-state index contributed by atoms with van der Waals surface area (Å²) < 4.78 is 22.9. The molecule has 3 amide bonds. The van der Waals surface area contributed by atoms with Gasteiger partial charge in [0.15, 0.2) is 5.82 Å². The van der Waals surface area contributed by atoms with E-state index in [1.807, 2.05) is 35.2 Å². The molecule has 2 N–H and O–H groups in total. The fourth-order valence-electron chi connectivity index (χ4n) is 7.79. The molecule has 0 radical (unpaired) electrons. The van der Waals surface area contributed by atoms with Gasteiger partial charge in [0.05, 0.1) is 0 Å². The van der Waals surface area contributed by atoms with Crippen molar-refractivity contribution in [2.24, 2.45) is 0 Å². The van der Waals surface area contributed by atoms with E-state index in [1.54, 1.807) is 18.2 Å². The number of thioether (sulfide) groups is 1. The molecule has 4 saturated heterocycles. The first-order chi connectivity index (χ1) is 23.2. The third-order valence-electron chi connectivity index (χ3n) is 10.2. The predicted molar refractivity (Wildman–Crippen MR) is 181 cm³/mol. The van der Waals surface area contributed by atoms with Gasteiger partial charge in [-0.15, -0.1) is 0 Å². The number of likely N-dealkylation sites (N-methyl/N-ethyl adjacent to an activating group) is 1. The van der Waals surface area contributed by atoms with E-state index in [4.69, 9.17) is 9.72 Å². The number of likely N-dealkylation sites (tertiary alicyclic amines) is 1. The van der Waals surface area contributed by atoms with Gasteiger partial charge in [-0.3, -0.25) is 19.7 Å². The van der Waals surface area contributed by atoms with Gasteiger partial charge in [-0.05, 0) is 73.8 Å². The van der Waals surface area contributed by atoms with Crippen LogP contribution in [-0.2, 0) is 9.59 Å². The third kappa shape index (κ3) is 5.48. The van der Waals surface area contributed by atoms with Gasteiger partial charge in [0.2, 0.25) is 11.8 Å². The van der Waals surface area contributed by atoms with Crippen molar-refractivity contribution in [3.8, 4) is 22.9 Å². The number of aromatic nitrogens is 2. The molecule has 8 rings (SSSR count). The average molecular weight is 671 g/mol. The number of imide groups is 1. The maximum absolute atomic E-state index is 16.8. The van der Waals surface area contributed by atoms with E-state index < -0.39 is 22.2 Å². The zero-order valence-electron chi connectivity index (χ0n) is 26.4. The van der Waals surface area contributed by atoms with Crippen LogP contribution in [0.1, 0.15) is 32.1 Å². The molecule has 48 heavy (non-hydrogen) atoms. The van der Waals surface area contributed by atoms with Gasteiger partial charge in [0, 0.05) is 48.6 Å². The van der Waals surface area contributed by atoms with Crippen molar-refractivity contribution in [3.63, 3.8) is 0 Å². The van der Waals surface area contributed by atoms with E-state index >= 15 is 4.39 Å². The molecular formula is C35H35FN6O5S. The van der Waals surface area contributed by atoms with E-state index in [1.165, 1.54) is 0 Å². The summed E-state index contributed by atoms with van der Waals surface area (Å²) in [6, 6.07) is 14.4. The highest BCUT2D eigenvalue weighted by molar-refractivity contribution is 8.15. The van der Waals surface area contributed by atoms with Crippen molar-refractivity contribution in [2.75, 3.05) is 38.2 Å². The van der Waals surface area contributed by atoms with Crippen LogP contribution in [0.4, 0.5) is 15.0 Å². The number of ether oxygens (including phenoxy) is 1. The molecule has 2 bridgehead atoms. The number of phenols is 1. The molecule has 4 aromatic rings. The second-order valence-electron chi connectivity index (χ2n) is 13.1. The summed E-state index contributed by atoms with van der Waals surface area (Å²) in [7, 11) is 2.06. The Balaban J connectivity index is 1.15. The van der Waals surface area contributed by atoms with Crippen LogP contribution in [0.25, 0.3) is 32.8 Å². The highest BCUT2D eigenvalue weighted by Crippen LogP contribution is 2.40. The predicted octanol–water partition coefficient (Wildman–Crippen LogP) is 4.69. The first-order valence-corrected chi connectivity index (χ1v) is 17.2. The Hall–Kier alpha value is -4.49. The van der Waals surface area contributed by atoms with Crippen LogP contribution in [0.2, 0.25) is 0 Å². The van der Waals surface area contributed by atoms with Gasteiger partial charge in [0.1, 0.15) is 28.9 Å². The number of piperazine rings is 1. The number of nitrogens with one attached hydrogen (secondary N) is 1. The molecule has 4 fully saturated rings. The van der Waals surface area contributed by atoms with E-state index in [2.05, 4.69) is 27.1 Å². The second kappa shape index (κ2) is 12.2. The van der Waals surface area contributed by atoms with E-state index in [0.717, 1.165) is 54.8 Å². The maximum Gasteiger partial charge on any atom is 0.319 e. The zero-order valence-corrected chi connectivity index (χ0v) is 27.2. The standard InChI is InChI=1S/C35H35FN6O5S/c1-40-12-4-6-22(40)18-47-34-37-31-26(11-10-25(30(31)36)27-14-23(43)13-19-5-2-3-7-24(19)27)32(38-34)41-16-20-8-9-21(17-41)42(20)29(44)15-28-33(45)39-35(46)48-28/h2-3,5,7,10-11,13-14,20-22,28,43H,4,6,8-9,12,15-18H2,1H3,(H,39,45,46)/t20?,21?,22-,28?/m0/s1. The normalized spacial score (nSPS) is 24.2. The van der Waals surface area contributed by atoms with Crippen molar-refractivity contribution in [3.05, 3.63) is 54.3 Å². The summed E-state index contributed by atoms with van der Waals surface area (Å²) in [6.07, 6.45) is 3.63. The molecule has 11 nitrogen and oxygen atoms in total. The number of carbonyl (C=O) groups excluding carboxylic acids is 3. The number of benzene rings is 3. The second-order valence-corrected chi connectivity index (χ2v) is 14.3. The number of aromatic hydroxyl groups is 1. The number of anilines is 1. The van der Waals surface area contributed by atoms with E-state index in [9.17, 15) is 19.5 Å². The number of fused-ring (bicyclic) bond motifs is 4. The Bertz CT molecular complexity index is 1960. The van der Waals surface area contributed by atoms with Crippen molar-refractivity contribution < 1.29 is 28.6 Å². The molecule has 13 heteroatoms. The molecule has 1 aromatic heterocycles. The lowest BCUT2D eigenvalue weighted by Gasteiger charge is -2.42. The monoisotopic (exact) mass is 670 g/mol. The van der Waals surface area contributed by atoms with Crippen LogP contribution in [0.15, 0.2) is 48.5 Å². The van der Waals surface area contributed by atoms with Crippen molar-refractivity contribution in [2.45, 2.75) is 55.5 Å². The topological polar surface area (TPSA) is 128 Å². The number of halogens is 1. The SMILES string of the molecule is CN1CCC[C@H]1COc1nc(N2CC3CCC(C2)N3C(=O)CC2SC(=O)NC2=O)c2ccc(-c3cc(O)cc4ccccc34)c(F)c2n1. The highest BCUT2D eigenvalue weighted by atomic mass is 32.2. The summed E-state index contributed by atoms with van der Waals surface area (Å²) in [4.78, 5) is 52.9. The Kier molecular flexibility index (Phi) is 7.83. The quantitative estimate of drug-likeness (QED) is 0.286. The van der Waals surface area contributed by atoms with Crippen LogP contribution in [0.3, 0.4) is 0 Å². The van der Waals surface area contributed by atoms with Crippen molar-refractivity contribution >= 4 is 56.3 Å². The molecule has 0 aliphatic carbocycles. The fourth-order valence-corrected chi connectivity index (χ4v) is 8.60. The molecule has 4 aliphatic rings. The van der Waals surface area contributed by atoms with Crippen LogP contribution in [-0.4, -0.2) is 98.6 Å². The van der Waals surface area contributed by atoms with Crippen molar-refractivity contribution in [1.82, 2.24) is 25.1 Å². The maximum atomic E-state index is 16.8. The summed E-state index contributed by atoms with van der Waals surface area (Å²) in [5, 5.41) is 13.8. The molecule has 0 saturated carbocycles. The van der Waals surface area contributed by atoms with Crippen LogP contribution in [0.5, 0.6) is 11.8 Å². The Labute approximate surface area is 280 Å². The number of carbonyl (C=O) groups is 3. The van der Waals surface area contributed by atoms with Gasteiger partial charge < -0.3 is 24.5 Å². The smallest absolute Gasteiger partial charge is 0.319 e. The summed E-state index contributed by atoms with van der Waals surface area (Å²) in [5.41, 5.74) is 0.990. The van der Waals surface area contributed by atoms with Crippen LogP contribution >= 0.6 is 11.8 Å². The first-order valence-electron chi connectivity index (χ1n) is 16.4. The lowest BCUT2D eigenvalue weighted by atomic mass is 9.96. The molecule has 0 spiro atoms. The summed E-state index contributed by atoms with van der Waals surface area (Å²) >= 11 is 0.864. The fraction of sp³-hybridized carbons (Fsp3) is 0.400. The van der Waals surface area contributed by atoms with Crippen molar-refractivity contribution in [1.29, 1.82) is 0 Å². The zero-order chi connectivity index (χ0) is 33.1. The van der Waals surface area contributed by atoms with Gasteiger partial charge in [-0.1, -0.05) is 42.1 Å². The van der Waals surface area contributed by atoms with E-state index in [0.29, 0.717) is 42.0 Å². The molecule has 4 atom stereocenters. The number of rotatable bonds is 7. The Morgan fingerprint density at radius 3 is 2.56 bits per heavy atom. The van der Waals surface area contributed by atoms with Crippen LogP contribution < -0.4 is 15.0 Å². The highest BCUT2D eigenvalue weighted by Gasteiger charge is 2.45. The minimum absolute atomic E-state index is 0.0308. The number of hydrogen-bond donors (Lipinski definition) is 2. The van der Waals surface area contributed by atoms with Gasteiger partial charge in [0.25, 0.3) is 5.24 Å². The number of amides is 3. The lowest BCUT2D eigenvalue weighted by Crippen LogP contribution is -2.56.